The van der Waals surface area contributed by atoms with Crippen LogP contribution in [0.15, 0.2) is 235 Å². The third kappa shape index (κ3) is 15.6. The predicted molar refractivity (Wildman–Crippen MR) is 442 cm³/mol. The molecule has 116 heavy (non-hydrogen) atoms. The molecule has 4 N–H and O–H groups in total. The molecule has 16 nitrogen and oxygen atoms in total. The predicted octanol–water partition coefficient (Wildman–Crippen LogP) is 19.5. The minimum atomic E-state index is -0.711. The van der Waals surface area contributed by atoms with Crippen LogP contribution in [0.1, 0.15) is 166 Å². The van der Waals surface area contributed by atoms with Gasteiger partial charge in [-0.1, -0.05) is 117 Å². The van der Waals surface area contributed by atoms with Crippen molar-refractivity contribution in [3.63, 3.8) is 0 Å². The lowest BCUT2D eigenvalue weighted by Gasteiger charge is -2.46. The minimum absolute atomic E-state index is 0.00583. The van der Waals surface area contributed by atoms with Gasteiger partial charge in [0, 0.05) is 52.4 Å². The van der Waals surface area contributed by atoms with Crippen LogP contribution < -0.4 is 16.0 Å². The summed E-state index contributed by atoms with van der Waals surface area (Å²) in [6.45, 7) is 10.1. The van der Waals surface area contributed by atoms with Gasteiger partial charge in [0.2, 0.25) is 11.8 Å². The SMILES string of the molecule is C[C@]12Cc3cnn(-c4ccc(F)cc4)c3C=C1CCC[C@@H]2C(=O)NCc1ccccc1.C[C@]12Cc3cnn(-c4ccc(F)cc4)c3C=C1CCC[C@@H]2C(=O)Nc1ccccc1.C[C@]12Cc3cnn(-c4ccc(F)cc4)c3C=C1CCC[C@@H]2C(=O)O.C[C@]12Cc3cnn(-c4ccc(F)cc4)c3C=C1CCC[C@@H]2CNC(=O)c1ccccc1. The Labute approximate surface area is 673 Å². The average Bonchev–Trinajstić information content (AvgIpc) is 1.33. The van der Waals surface area contributed by atoms with Crippen molar-refractivity contribution in [3.8, 4) is 22.7 Å². The number of hydrogen-bond donors (Lipinski definition) is 4. The highest BCUT2D eigenvalue weighted by atomic mass is 19.1. The number of fused-ring (bicyclic) bond motifs is 8. The van der Waals surface area contributed by atoms with Gasteiger partial charge in [0.05, 0.1) is 76.2 Å². The van der Waals surface area contributed by atoms with Gasteiger partial charge in [-0.3, -0.25) is 19.2 Å². The van der Waals surface area contributed by atoms with Crippen LogP contribution in [-0.4, -0.2) is 74.5 Å². The first-order chi connectivity index (χ1) is 56.1. The van der Waals surface area contributed by atoms with E-state index in [9.17, 15) is 41.8 Å². The standard InChI is InChI=1S/2C26H26FN3O.C25H24FN3O.C19H19FN2O2/c1-26-15-19-16-29-30(23-12-10-22(27)11-13-23)24(19)14-20(26)8-5-9-21(26)17-28-25(31)18-6-3-2-4-7-18;1-26-15-19-17-29-30(22-12-10-21(27)11-13-22)24(19)14-20(26)8-5-9-23(26)25(31)28-16-18-6-3-2-4-7-18;1-25-15-17-16-27-29(21-12-10-19(26)11-13-21)23(17)14-18(25)6-5-9-22(25)24(30)28-20-7-3-2-4-8-20;1-19-10-12-11-21-22(15-7-5-14(20)6-8-15)17(12)9-13(19)3-2-4-16(19)18(23)24/h2-4,6-7,10-14,16,21H,5,8-9,15,17H2,1H3,(H,28,31);2-4,6-7,10-14,17,23H,5,8-9,15-16H2,1H3,(H,28,31);2-4,7-8,10-14,16,22H,5-6,9,15H2,1H3,(H,28,30);5-9,11,16H,2-4,10H2,1H3,(H,23,24)/t21-,26+;23-,26+;22-,25+;16-,19+/m1111/s1. The van der Waals surface area contributed by atoms with Crippen molar-refractivity contribution >= 4 is 53.7 Å². The van der Waals surface area contributed by atoms with Crippen molar-refractivity contribution < 1.29 is 41.8 Å². The molecule has 0 spiro atoms. The number of aromatic nitrogens is 8. The largest absolute Gasteiger partial charge is 0.481 e. The van der Waals surface area contributed by atoms with Crippen molar-refractivity contribution in [3.05, 3.63) is 315 Å². The Morgan fingerprint density at radius 2 is 0.724 bits per heavy atom. The Kier molecular flexibility index (Phi) is 21.9. The van der Waals surface area contributed by atoms with E-state index < -0.39 is 5.97 Å². The molecule has 8 aliphatic carbocycles. The lowest BCUT2D eigenvalue weighted by molar-refractivity contribution is -0.146. The van der Waals surface area contributed by atoms with E-state index in [0.717, 1.165) is 170 Å². The third-order valence-electron chi connectivity index (χ3n) is 26.1. The number of rotatable bonds is 13. The number of carbonyl (C=O) groups is 4. The number of amides is 3. The summed E-state index contributed by atoms with van der Waals surface area (Å²) in [5.41, 5.74) is 19.2. The number of carboxylic acid groups (broad SMARTS) is 1. The quantitative estimate of drug-likeness (QED) is 0.0812. The zero-order chi connectivity index (χ0) is 80.5. The number of para-hydroxylation sites is 1. The second kappa shape index (κ2) is 32.7. The first-order valence-corrected chi connectivity index (χ1v) is 40.5. The Balaban J connectivity index is 0.000000117. The highest BCUT2D eigenvalue weighted by Crippen LogP contribution is 2.56. The van der Waals surface area contributed by atoms with Crippen LogP contribution in [0.25, 0.3) is 47.1 Å². The molecule has 20 heteroatoms. The number of nitrogens with zero attached hydrogens (tertiary/aromatic N) is 8. The van der Waals surface area contributed by atoms with E-state index in [1.807, 2.05) is 135 Å². The van der Waals surface area contributed by atoms with Crippen molar-refractivity contribution in [2.75, 3.05) is 11.9 Å². The maximum absolute atomic E-state index is 13.3. The molecule has 8 atom stereocenters. The van der Waals surface area contributed by atoms with Crippen molar-refractivity contribution in [1.82, 2.24) is 49.8 Å². The summed E-state index contributed by atoms with van der Waals surface area (Å²) < 4.78 is 60.7. The Hall–Kier alpha value is -12.1. The molecule has 592 valence electrons. The Morgan fingerprint density at radius 3 is 1.11 bits per heavy atom. The number of benzene rings is 7. The van der Waals surface area contributed by atoms with Gasteiger partial charge in [-0.15, -0.1) is 0 Å². The lowest BCUT2D eigenvalue weighted by Crippen LogP contribution is -2.45. The van der Waals surface area contributed by atoms with Gasteiger partial charge in [-0.05, 0) is 288 Å². The number of allylic oxidation sites excluding steroid dienone is 4. The van der Waals surface area contributed by atoms with Gasteiger partial charge in [0.1, 0.15) is 23.3 Å². The van der Waals surface area contributed by atoms with Gasteiger partial charge in [-0.2, -0.15) is 20.4 Å². The van der Waals surface area contributed by atoms with Crippen LogP contribution in [0.3, 0.4) is 0 Å². The number of aliphatic carboxylic acids is 1. The number of anilines is 1. The van der Waals surface area contributed by atoms with Gasteiger partial charge in [0.25, 0.3) is 5.91 Å². The molecule has 3 amide bonds. The normalized spacial score (nSPS) is 23.0. The first kappa shape index (κ1) is 77.9. The fourth-order valence-corrected chi connectivity index (χ4v) is 19.5. The van der Waals surface area contributed by atoms with Crippen molar-refractivity contribution in [2.24, 2.45) is 45.3 Å². The van der Waals surface area contributed by atoms with Crippen LogP contribution in [0, 0.1) is 68.6 Å². The van der Waals surface area contributed by atoms with E-state index in [1.165, 1.54) is 76.4 Å². The maximum Gasteiger partial charge on any atom is 0.307 e. The van der Waals surface area contributed by atoms with Crippen LogP contribution >= 0.6 is 0 Å². The molecular formula is C96H95F4N11O5. The summed E-state index contributed by atoms with van der Waals surface area (Å²) in [6, 6.07) is 54.6. The second-order valence-corrected chi connectivity index (χ2v) is 33.2. The first-order valence-electron chi connectivity index (χ1n) is 40.5. The van der Waals surface area contributed by atoms with Gasteiger partial charge in [0.15, 0.2) is 0 Å². The summed E-state index contributed by atoms with van der Waals surface area (Å²) in [7, 11) is 0. The molecule has 4 saturated carbocycles. The topological polar surface area (TPSA) is 196 Å². The lowest BCUT2D eigenvalue weighted by atomic mass is 9.59. The highest BCUT2D eigenvalue weighted by molar-refractivity contribution is 5.95. The summed E-state index contributed by atoms with van der Waals surface area (Å²) in [5, 5.41) is 37.3. The second-order valence-electron chi connectivity index (χ2n) is 33.2. The monoisotopic (exact) mass is 1560 g/mol. The maximum atomic E-state index is 13.3. The molecule has 11 aromatic rings. The van der Waals surface area contributed by atoms with E-state index in [4.69, 9.17) is 0 Å². The molecule has 4 aromatic heterocycles. The van der Waals surface area contributed by atoms with Crippen LogP contribution in [0.5, 0.6) is 0 Å². The average molecular weight is 1560 g/mol. The summed E-state index contributed by atoms with van der Waals surface area (Å²) >= 11 is 0. The number of carboxylic acids is 1. The zero-order valence-corrected chi connectivity index (χ0v) is 65.7. The van der Waals surface area contributed by atoms with Crippen LogP contribution in [0.2, 0.25) is 0 Å². The smallest absolute Gasteiger partial charge is 0.307 e. The molecule has 7 aromatic carbocycles. The Morgan fingerprint density at radius 1 is 0.397 bits per heavy atom. The van der Waals surface area contributed by atoms with Gasteiger partial charge in [-0.25, -0.2) is 36.3 Å². The van der Waals surface area contributed by atoms with Crippen LogP contribution in [-0.2, 0) is 46.6 Å². The number of carbonyl (C=O) groups excluding carboxylic acids is 3. The molecule has 0 saturated heterocycles. The summed E-state index contributed by atoms with van der Waals surface area (Å²) in [5.74, 6) is -1.66. The third-order valence-corrected chi connectivity index (χ3v) is 26.1. The molecule has 0 radical (unpaired) electrons. The molecule has 4 fully saturated rings. The van der Waals surface area contributed by atoms with E-state index in [1.54, 1.807) is 48.5 Å². The number of hydrogen-bond acceptors (Lipinski definition) is 8. The van der Waals surface area contributed by atoms with Crippen LogP contribution in [0.4, 0.5) is 23.2 Å². The van der Waals surface area contributed by atoms with E-state index >= 15 is 0 Å². The number of halogens is 4. The van der Waals surface area contributed by atoms with E-state index in [-0.39, 0.29) is 80.4 Å². The Bertz CT molecular complexity index is 5600. The van der Waals surface area contributed by atoms with Crippen molar-refractivity contribution in [1.29, 1.82) is 0 Å². The number of nitrogens with one attached hydrogen (secondary N) is 3. The molecule has 0 unspecified atom stereocenters. The minimum Gasteiger partial charge on any atom is -0.481 e. The molecule has 19 rings (SSSR count). The van der Waals surface area contributed by atoms with E-state index in [0.29, 0.717) is 31.0 Å². The zero-order valence-electron chi connectivity index (χ0n) is 65.7. The van der Waals surface area contributed by atoms with E-state index in [2.05, 4.69) is 88.3 Å². The van der Waals surface area contributed by atoms with Crippen molar-refractivity contribution in [2.45, 2.75) is 137 Å². The molecular weight excluding hydrogens is 1460 g/mol. The summed E-state index contributed by atoms with van der Waals surface area (Å²) in [6.07, 6.45) is 31.1. The highest BCUT2D eigenvalue weighted by Gasteiger charge is 2.50. The van der Waals surface area contributed by atoms with Gasteiger partial charge < -0.3 is 21.1 Å². The fraction of sp³-hybridized carbons (Fsp3) is 0.312. The fourth-order valence-electron chi connectivity index (χ4n) is 19.5. The summed E-state index contributed by atoms with van der Waals surface area (Å²) in [4.78, 5) is 50.7. The molecule has 0 aliphatic heterocycles. The van der Waals surface area contributed by atoms with Gasteiger partial charge >= 0.3 is 5.97 Å². The molecule has 8 aliphatic rings. The molecule has 4 heterocycles. The molecule has 0 bridgehead atoms.